The lowest BCUT2D eigenvalue weighted by molar-refractivity contribution is -0.00210. The fourth-order valence-corrected chi connectivity index (χ4v) is 3.89. The van der Waals surface area contributed by atoms with Gasteiger partial charge in [-0.1, -0.05) is 30.3 Å². The Hall–Kier alpha value is -0.550. The maximum Gasteiger partial charge on any atom is 0.0897 e. The quantitative estimate of drug-likeness (QED) is 0.774. The molecule has 3 atom stereocenters. The molecule has 0 bridgehead atoms. The maximum atomic E-state index is 10.0. The van der Waals surface area contributed by atoms with Crippen LogP contribution in [0.5, 0.6) is 0 Å². The monoisotopic (exact) mass is 309 g/mol. The summed E-state index contributed by atoms with van der Waals surface area (Å²) >= 11 is 2.04. The Bertz CT molecular complexity index is 407. The number of nitrogens with one attached hydrogen (secondary N) is 1. The molecule has 1 aromatic carbocycles. The first kappa shape index (κ1) is 16.8. The number of hydrogen-bond donors (Lipinski definition) is 2. The first-order chi connectivity index (χ1) is 10.1. The Morgan fingerprint density at radius 2 is 2.14 bits per heavy atom. The number of ether oxygens (including phenoxy) is 1. The van der Waals surface area contributed by atoms with E-state index in [1.54, 1.807) is 0 Å². The molecule has 0 aliphatic carbocycles. The average Bonchev–Trinajstić information content (AvgIpc) is 2.92. The standard InChI is InChI=1S/C17H27NO2S/c1-14(15-7-4-3-5-8-15)20-12-16(19)11-18-13-17(2)9-6-10-21-17/h3-5,7-8,14,16,18-19H,6,9-13H2,1-2H3. The summed E-state index contributed by atoms with van der Waals surface area (Å²) < 4.78 is 6.09. The van der Waals surface area contributed by atoms with Crippen LogP contribution in [0.2, 0.25) is 0 Å². The van der Waals surface area contributed by atoms with Gasteiger partial charge in [0.1, 0.15) is 0 Å². The van der Waals surface area contributed by atoms with Crippen molar-refractivity contribution in [3.63, 3.8) is 0 Å². The van der Waals surface area contributed by atoms with Gasteiger partial charge in [0.15, 0.2) is 0 Å². The lowest BCUT2D eigenvalue weighted by Gasteiger charge is -2.24. The minimum absolute atomic E-state index is 0.0174. The number of aliphatic hydroxyl groups excluding tert-OH is 1. The minimum Gasteiger partial charge on any atom is -0.389 e. The average molecular weight is 309 g/mol. The highest BCUT2D eigenvalue weighted by atomic mass is 32.2. The van der Waals surface area contributed by atoms with Crippen molar-refractivity contribution >= 4 is 11.8 Å². The van der Waals surface area contributed by atoms with Crippen LogP contribution in [-0.4, -0.2) is 41.4 Å². The van der Waals surface area contributed by atoms with E-state index in [-0.39, 0.29) is 6.10 Å². The molecule has 0 radical (unpaired) electrons. The molecule has 3 unspecified atom stereocenters. The maximum absolute atomic E-state index is 10.0. The summed E-state index contributed by atoms with van der Waals surface area (Å²) in [7, 11) is 0. The van der Waals surface area contributed by atoms with Gasteiger partial charge in [-0.15, -0.1) is 0 Å². The van der Waals surface area contributed by atoms with Gasteiger partial charge in [0, 0.05) is 17.8 Å². The van der Waals surface area contributed by atoms with E-state index in [0.29, 0.717) is 17.9 Å². The van der Waals surface area contributed by atoms with E-state index >= 15 is 0 Å². The highest BCUT2D eigenvalue weighted by Crippen LogP contribution is 2.36. The Balaban J connectivity index is 1.62. The second-order valence-corrected chi connectivity index (χ2v) is 7.76. The molecule has 21 heavy (non-hydrogen) atoms. The molecule has 0 amide bonds. The fourth-order valence-electron chi connectivity index (χ4n) is 2.61. The molecule has 3 nitrogen and oxygen atoms in total. The highest BCUT2D eigenvalue weighted by molar-refractivity contribution is 8.00. The van der Waals surface area contributed by atoms with Crippen molar-refractivity contribution in [3.8, 4) is 0 Å². The van der Waals surface area contributed by atoms with Gasteiger partial charge >= 0.3 is 0 Å². The molecular formula is C17H27NO2S. The van der Waals surface area contributed by atoms with Crippen LogP contribution in [0.4, 0.5) is 0 Å². The third-order valence-corrected chi connectivity index (χ3v) is 5.53. The fraction of sp³-hybridized carbons (Fsp3) is 0.647. The van der Waals surface area contributed by atoms with E-state index in [0.717, 1.165) is 12.1 Å². The SMILES string of the molecule is CC(OCC(O)CNCC1(C)CCCS1)c1ccccc1. The molecule has 4 heteroatoms. The van der Waals surface area contributed by atoms with Crippen molar-refractivity contribution < 1.29 is 9.84 Å². The van der Waals surface area contributed by atoms with Gasteiger partial charge in [0.25, 0.3) is 0 Å². The molecule has 2 rings (SSSR count). The third kappa shape index (κ3) is 5.62. The largest absolute Gasteiger partial charge is 0.389 e. The van der Waals surface area contributed by atoms with Crippen LogP contribution in [0, 0.1) is 0 Å². The van der Waals surface area contributed by atoms with Crippen molar-refractivity contribution in [1.29, 1.82) is 0 Å². The Morgan fingerprint density at radius 3 is 2.81 bits per heavy atom. The zero-order valence-corrected chi connectivity index (χ0v) is 13.9. The Labute approximate surface area is 132 Å². The number of thioether (sulfide) groups is 1. The predicted octanol–water partition coefficient (Wildman–Crippen LogP) is 3.00. The van der Waals surface area contributed by atoms with Gasteiger partial charge in [0.05, 0.1) is 18.8 Å². The molecule has 2 N–H and O–H groups in total. The molecule has 1 fully saturated rings. The van der Waals surface area contributed by atoms with E-state index in [2.05, 4.69) is 12.2 Å². The first-order valence-electron chi connectivity index (χ1n) is 7.78. The minimum atomic E-state index is -0.453. The molecular weight excluding hydrogens is 282 g/mol. The van der Waals surface area contributed by atoms with Crippen molar-refractivity contribution in [2.24, 2.45) is 0 Å². The lowest BCUT2D eigenvalue weighted by atomic mass is 10.1. The van der Waals surface area contributed by atoms with E-state index in [1.807, 2.05) is 49.0 Å². The number of rotatable bonds is 8. The highest BCUT2D eigenvalue weighted by Gasteiger charge is 2.28. The van der Waals surface area contributed by atoms with Gasteiger partial charge in [-0.05, 0) is 38.0 Å². The summed E-state index contributed by atoms with van der Waals surface area (Å²) in [6, 6.07) is 10.1. The van der Waals surface area contributed by atoms with Gasteiger partial charge in [0.2, 0.25) is 0 Å². The van der Waals surface area contributed by atoms with E-state index in [1.165, 1.54) is 18.6 Å². The van der Waals surface area contributed by atoms with Crippen LogP contribution in [-0.2, 0) is 4.74 Å². The summed E-state index contributed by atoms with van der Waals surface area (Å²) in [5, 5.41) is 13.4. The van der Waals surface area contributed by atoms with Crippen molar-refractivity contribution in [3.05, 3.63) is 35.9 Å². The molecule has 118 valence electrons. The topological polar surface area (TPSA) is 41.5 Å². The van der Waals surface area contributed by atoms with Crippen LogP contribution in [0.3, 0.4) is 0 Å². The predicted molar refractivity (Wildman–Crippen MR) is 89.8 cm³/mol. The van der Waals surface area contributed by atoms with Crippen LogP contribution < -0.4 is 5.32 Å². The van der Waals surface area contributed by atoms with Gasteiger partial charge in [-0.25, -0.2) is 0 Å². The van der Waals surface area contributed by atoms with Gasteiger partial charge in [-0.2, -0.15) is 11.8 Å². The molecule has 1 saturated heterocycles. The summed E-state index contributed by atoms with van der Waals surface area (Å²) in [4.78, 5) is 0. The van der Waals surface area contributed by atoms with E-state index < -0.39 is 6.10 Å². The van der Waals surface area contributed by atoms with Crippen LogP contribution >= 0.6 is 11.8 Å². The number of hydrogen-bond acceptors (Lipinski definition) is 4. The summed E-state index contributed by atoms with van der Waals surface area (Å²) in [6.45, 7) is 6.25. The van der Waals surface area contributed by atoms with E-state index in [9.17, 15) is 5.11 Å². The molecule has 1 aromatic rings. The van der Waals surface area contributed by atoms with Crippen molar-refractivity contribution in [1.82, 2.24) is 5.32 Å². The molecule has 1 aliphatic rings. The van der Waals surface area contributed by atoms with E-state index in [4.69, 9.17) is 4.74 Å². The number of aliphatic hydroxyl groups is 1. The molecule has 0 spiro atoms. The Kier molecular flexibility index (Phi) is 6.55. The van der Waals surface area contributed by atoms with Crippen LogP contribution in [0.15, 0.2) is 30.3 Å². The molecule has 1 heterocycles. The second-order valence-electron chi connectivity index (χ2n) is 6.07. The normalized spacial score (nSPS) is 24.9. The van der Waals surface area contributed by atoms with Crippen LogP contribution in [0.1, 0.15) is 38.4 Å². The molecule has 0 saturated carbocycles. The third-order valence-electron chi connectivity index (χ3n) is 3.99. The summed E-state index contributed by atoms with van der Waals surface area (Å²) in [5.74, 6) is 1.26. The molecule has 0 aromatic heterocycles. The van der Waals surface area contributed by atoms with Crippen molar-refractivity contribution in [2.45, 2.75) is 43.6 Å². The van der Waals surface area contributed by atoms with Gasteiger partial charge in [-0.3, -0.25) is 0 Å². The zero-order valence-electron chi connectivity index (χ0n) is 13.0. The zero-order chi connectivity index (χ0) is 15.1. The van der Waals surface area contributed by atoms with Crippen molar-refractivity contribution in [2.75, 3.05) is 25.4 Å². The molecule has 1 aliphatic heterocycles. The number of benzene rings is 1. The summed E-state index contributed by atoms with van der Waals surface area (Å²) in [6.07, 6.45) is 2.14. The van der Waals surface area contributed by atoms with Gasteiger partial charge < -0.3 is 15.2 Å². The Morgan fingerprint density at radius 1 is 1.38 bits per heavy atom. The lowest BCUT2D eigenvalue weighted by Crippen LogP contribution is -2.38. The first-order valence-corrected chi connectivity index (χ1v) is 8.77. The second kappa shape index (κ2) is 8.18. The van der Waals surface area contributed by atoms with Crippen LogP contribution in [0.25, 0.3) is 0 Å². The summed E-state index contributed by atoms with van der Waals surface area (Å²) in [5.41, 5.74) is 1.15. The smallest absolute Gasteiger partial charge is 0.0897 e.